The maximum Gasteiger partial charge on any atom is 0.245 e. The minimum absolute atomic E-state index is 0.0344. The normalized spacial score (nSPS) is 22.6. The van der Waals surface area contributed by atoms with Gasteiger partial charge in [-0.05, 0) is 87.6 Å². The number of hydrogen-bond acceptors (Lipinski definition) is 13. The molecule has 20 heteroatoms. The third kappa shape index (κ3) is 18.3. The van der Waals surface area contributed by atoms with Crippen LogP contribution in [0.15, 0.2) is 91.1 Å². The van der Waals surface area contributed by atoms with E-state index < -0.39 is 102 Å². The Kier molecular flexibility index (Phi) is 23.9. The molecule has 3 aromatic carbocycles. The Labute approximate surface area is 441 Å². The topological polar surface area (TPSA) is 294 Å². The van der Waals surface area contributed by atoms with Crippen molar-refractivity contribution < 1.29 is 48.9 Å². The molecule has 0 spiro atoms. The van der Waals surface area contributed by atoms with Crippen LogP contribution in [0.2, 0.25) is 0 Å². The molecule has 2 unspecified atom stereocenters. The third-order valence-electron chi connectivity index (χ3n) is 13.0. The summed E-state index contributed by atoms with van der Waals surface area (Å²) < 4.78 is 0. The molecule has 402 valence electrons. The minimum Gasteiger partial charge on any atom is -0.394 e. The number of aromatic nitrogens is 1. The van der Waals surface area contributed by atoms with Crippen LogP contribution in [0.25, 0.3) is 10.9 Å². The first-order chi connectivity index (χ1) is 35.5. The zero-order valence-electron chi connectivity index (χ0n) is 42.6. The number of carbonyl (C=O) groups is 7. The number of nitrogens with one attached hydrogen (secondary N) is 7. The molecule has 0 bridgehead atoms. The van der Waals surface area contributed by atoms with Gasteiger partial charge in [-0.3, -0.25) is 33.6 Å². The number of aliphatic hydroxyl groups excluding tert-OH is 3. The number of amides is 6. The first-order valence-electron chi connectivity index (χ1n) is 25.4. The Morgan fingerprint density at radius 1 is 0.743 bits per heavy atom. The Balaban J connectivity index is 1.59. The molecule has 74 heavy (non-hydrogen) atoms. The number of nitrogens with two attached hydrogens (primary N) is 1. The van der Waals surface area contributed by atoms with Gasteiger partial charge in [0.05, 0.1) is 30.9 Å². The van der Waals surface area contributed by atoms with Gasteiger partial charge in [-0.2, -0.15) is 0 Å². The first-order valence-corrected chi connectivity index (χ1v) is 27.9. The van der Waals surface area contributed by atoms with E-state index in [2.05, 4.69) is 36.9 Å². The Hall–Kier alpha value is -5.77. The quantitative estimate of drug-likeness (QED) is 0.0477. The van der Waals surface area contributed by atoms with Crippen molar-refractivity contribution in [1.82, 2.24) is 36.9 Å². The monoisotopic (exact) mass is 1060 g/mol. The summed E-state index contributed by atoms with van der Waals surface area (Å²) >= 11 is 0. The lowest BCUT2D eigenvalue weighted by Crippen LogP contribution is -2.62. The fourth-order valence-corrected chi connectivity index (χ4v) is 11.2. The third-order valence-corrected chi connectivity index (χ3v) is 15.4. The molecule has 18 nitrogen and oxygen atoms in total. The predicted octanol–water partition coefficient (Wildman–Crippen LogP) is 2.62. The lowest BCUT2D eigenvalue weighted by molar-refractivity contribution is -0.137. The molecule has 5 rings (SSSR count). The number of fused-ring (bicyclic) bond motifs is 1. The van der Waals surface area contributed by atoms with E-state index in [1.54, 1.807) is 6.20 Å². The number of aliphatic hydroxyl groups is 3. The molecule has 4 aromatic rings. The number of ketones is 1. The molecule has 6 amide bonds. The number of aromatic amines is 1. The summed E-state index contributed by atoms with van der Waals surface area (Å²) in [5, 5.41) is 48.5. The Morgan fingerprint density at radius 3 is 2.03 bits per heavy atom. The van der Waals surface area contributed by atoms with Gasteiger partial charge in [0.15, 0.2) is 5.78 Å². The molecule has 2 heterocycles. The summed E-state index contributed by atoms with van der Waals surface area (Å²) in [7, 11) is 2.22. The molecule has 0 radical (unpaired) electrons. The van der Waals surface area contributed by atoms with Crippen LogP contribution >= 0.6 is 21.6 Å². The van der Waals surface area contributed by atoms with Crippen molar-refractivity contribution in [3.63, 3.8) is 0 Å². The van der Waals surface area contributed by atoms with Gasteiger partial charge in [0, 0.05) is 53.3 Å². The van der Waals surface area contributed by atoms with Crippen molar-refractivity contribution in [1.29, 1.82) is 0 Å². The number of Topliss-reactive ketones (excluding diaryl/α,β-unsaturated/α-hetero) is 1. The van der Waals surface area contributed by atoms with Crippen LogP contribution in [-0.2, 0) is 52.8 Å². The lowest BCUT2D eigenvalue weighted by Gasteiger charge is -2.29. The Morgan fingerprint density at radius 2 is 1.38 bits per heavy atom. The summed E-state index contributed by atoms with van der Waals surface area (Å²) in [5.41, 5.74) is 8.97. The van der Waals surface area contributed by atoms with E-state index in [0.717, 1.165) is 43.6 Å². The molecule has 1 aliphatic rings. The molecule has 0 aliphatic carbocycles. The molecule has 0 saturated carbocycles. The van der Waals surface area contributed by atoms with Gasteiger partial charge < -0.3 is 57.9 Å². The van der Waals surface area contributed by atoms with Crippen LogP contribution in [0.1, 0.15) is 76.5 Å². The highest BCUT2D eigenvalue weighted by Gasteiger charge is 2.37. The number of benzene rings is 3. The standard InChI is InChI=1S/C54H74N8O10S2/c1-32(2)23-37(24-35-15-7-5-8-16-35)49(67)60-45-30-73-74-31-46(53(71)59-44(29-63)33(3)64)61-54(72)48(34(4)65)62-51(69)42(21-13-14-22-55)57-52(70)43(26-39-28-56-41-20-12-11-19-40(39)41)58-50(68)38(27-47(45)66)25-36-17-9-6-10-18-36/h5-12,15-20,28,32-34,37-38,42-46,48,56,63-65H,13-14,21-27,29-31,55H2,1-4H3,(H,57,70)(H,58,68)(H,59,71)(H,60,67)(H,61,72)(H,62,69)/t33?,34?,37-,38-,42+,43-,44-,45+,46+,48+/m1/s1. The molecule has 12 N–H and O–H groups in total. The largest absolute Gasteiger partial charge is 0.394 e. The zero-order valence-corrected chi connectivity index (χ0v) is 44.2. The van der Waals surface area contributed by atoms with Crippen LogP contribution in [-0.4, -0.2) is 135 Å². The second kappa shape index (κ2) is 29.9. The average molecular weight is 1060 g/mol. The highest BCUT2D eigenvalue weighted by molar-refractivity contribution is 8.76. The number of hydrogen-bond donors (Lipinski definition) is 11. The molecular weight excluding hydrogens is 985 g/mol. The number of para-hydroxylation sites is 1. The molecule has 1 aromatic heterocycles. The van der Waals surface area contributed by atoms with Crippen LogP contribution in [0, 0.1) is 17.8 Å². The van der Waals surface area contributed by atoms with E-state index in [0.29, 0.717) is 31.2 Å². The molecule has 1 aliphatic heterocycles. The summed E-state index contributed by atoms with van der Waals surface area (Å²) in [6.07, 6.45) is 0.570. The van der Waals surface area contributed by atoms with Crippen molar-refractivity contribution in [3.05, 3.63) is 108 Å². The van der Waals surface area contributed by atoms with E-state index >= 15 is 0 Å². The lowest BCUT2D eigenvalue weighted by atomic mass is 9.89. The fraction of sp³-hybridized carbons (Fsp3) is 0.500. The van der Waals surface area contributed by atoms with Gasteiger partial charge >= 0.3 is 0 Å². The van der Waals surface area contributed by atoms with Crippen molar-refractivity contribution in [2.45, 2.75) is 128 Å². The minimum atomic E-state index is -1.65. The Bertz CT molecular complexity index is 2460. The SMILES string of the molecule is CC(C)C[C@H](Cc1ccccc1)C(=O)N[C@H]1CSSC[C@@H](C(=O)N[C@H](CO)C(C)O)NC(=O)[C@H](C(C)O)NC(=O)[C@H](CCCCN)NC(=O)[C@@H](Cc2c[nH]c3ccccc23)NC(=O)[C@H](Cc2ccccc2)CC1=O. The average Bonchev–Trinajstić information content (AvgIpc) is 3.78. The van der Waals surface area contributed by atoms with E-state index in [-0.39, 0.29) is 55.6 Å². The first kappa shape index (κ1) is 59.1. The summed E-state index contributed by atoms with van der Waals surface area (Å²) in [5.74, 6) is -6.39. The smallest absolute Gasteiger partial charge is 0.245 e. The number of rotatable bonds is 19. The van der Waals surface area contributed by atoms with Crippen molar-refractivity contribution in [3.8, 4) is 0 Å². The van der Waals surface area contributed by atoms with Crippen LogP contribution in [0.3, 0.4) is 0 Å². The molecule has 1 fully saturated rings. The predicted molar refractivity (Wildman–Crippen MR) is 288 cm³/mol. The highest BCUT2D eigenvalue weighted by atomic mass is 33.1. The van der Waals surface area contributed by atoms with Crippen LogP contribution in [0.4, 0.5) is 0 Å². The van der Waals surface area contributed by atoms with E-state index in [4.69, 9.17) is 5.73 Å². The van der Waals surface area contributed by atoms with Crippen molar-refractivity contribution >= 4 is 73.7 Å². The van der Waals surface area contributed by atoms with Gasteiger partial charge in [0.25, 0.3) is 0 Å². The van der Waals surface area contributed by atoms with E-state index in [1.807, 2.05) is 98.8 Å². The number of carbonyl (C=O) groups excluding carboxylic acids is 7. The second-order valence-electron chi connectivity index (χ2n) is 19.5. The van der Waals surface area contributed by atoms with Gasteiger partial charge in [-0.25, -0.2) is 0 Å². The van der Waals surface area contributed by atoms with E-state index in [9.17, 15) is 48.9 Å². The second-order valence-corrected chi connectivity index (χ2v) is 22.1. The summed E-state index contributed by atoms with van der Waals surface area (Å²) in [6.45, 7) is 6.32. The van der Waals surface area contributed by atoms with Gasteiger partial charge in [-0.1, -0.05) is 114 Å². The maximum atomic E-state index is 14.9. The number of H-pyrrole nitrogens is 1. The van der Waals surface area contributed by atoms with Gasteiger partial charge in [-0.15, -0.1) is 0 Å². The van der Waals surface area contributed by atoms with Gasteiger partial charge in [0.1, 0.15) is 24.2 Å². The highest BCUT2D eigenvalue weighted by Crippen LogP contribution is 2.27. The van der Waals surface area contributed by atoms with Crippen LogP contribution < -0.4 is 37.6 Å². The number of unbranched alkanes of at least 4 members (excludes halogenated alkanes) is 1. The molecule has 10 atom stereocenters. The zero-order chi connectivity index (χ0) is 53.7. The van der Waals surface area contributed by atoms with Crippen molar-refractivity contribution in [2.24, 2.45) is 23.5 Å². The fourth-order valence-electron chi connectivity index (χ4n) is 8.79. The summed E-state index contributed by atoms with van der Waals surface area (Å²) in [4.78, 5) is 104. The van der Waals surface area contributed by atoms with E-state index in [1.165, 1.54) is 13.8 Å². The molecular formula is C54H74N8O10S2. The summed E-state index contributed by atoms with van der Waals surface area (Å²) in [6, 6.07) is 18.2. The van der Waals surface area contributed by atoms with Crippen molar-refractivity contribution in [2.75, 3.05) is 24.7 Å². The maximum absolute atomic E-state index is 14.9. The van der Waals surface area contributed by atoms with Gasteiger partial charge in [0.2, 0.25) is 35.4 Å². The molecule has 1 saturated heterocycles. The van der Waals surface area contributed by atoms with Crippen LogP contribution in [0.5, 0.6) is 0 Å².